The first-order valence-electron chi connectivity index (χ1n) is 11.8. The van der Waals surface area contributed by atoms with E-state index < -0.39 is 21.4 Å². The van der Waals surface area contributed by atoms with Crippen LogP contribution in [-0.2, 0) is 16.2 Å². The first kappa shape index (κ1) is 24.2. The summed E-state index contributed by atoms with van der Waals surface area (Å²) < 4.78 is 4.18. The van der Waals surface area contributed by atoms with E-state index in [9.17, 15) is 0 Å². The van der Waals surface area contributed by atoms with Crippen molar-refractivity contribution in [1.82, 2.24) is 0 Å². The molecule has 0 radical (unpaired) electrons. The van der Waals surface area contributed by atoms with Crippen molar-refractivity contribution < 1.29 is 0 Å². The van der Waals surface area contributed by atoms with Gasteiger partial charge in [-0.25, -0.2) is 0 Å². The first-order chi connectivity index (χ1) is 14.6. The van der Waals surface area contributed by atoms with Crippen LogP contribution in [0.2, 0.25) is 12.5 Å². The Kier molecular flexibility index (Phi) is 7.79. The van der Waals surface area contributed by atoms with E-state index in [4.69, 9.17) is 0 Å². The molecule has 0 saturated heterocycles. The van der Waals surface area contributed by atoms with E-state index in [0.29, 0.717) is 0 Å². The maximum absolute atomic E-state index is 2.47. The average molecular weight is 514 g/mol. The molecule has 0 spiro atoms. The van der Waals surface area contributed by atoms with Crippen LogP contribution in [0.4, 0.5) is 0 Å². The second kappa shape index (κ2) is 9.99. The van der Waals surface area contributed by atoms with Gasteiger partial charge in [0.25, 0.3) is 0 Å². The van der Waals surface area contributed by atoms with Crippen molar-refractivity contribution in [3.05, 3.63) is 108 Å². The Hall–Kier alpha value is -1.47. The zero-order valence-corrected chi connectivity index (χ0v) is 23.7. The number of rotatable bonds is 9. The summed E-state index contributed by atoms with van der Waals surface area (Å²) >= 11 is -2.00. The molecular weight excluding hydrogens is 475 g/mol. The van der Waals surface area contributed by atoms with Crippen LogP contribution in [0.1, 0.15) is 58.2 Å². The molecule has 0 bridgehead atoms. The molecular formula is C30H39In. The molecule has 31 heavy (non-hydrogen) atoms. The fourth-order valence-electron chi connectivity index (χ4n) is 5.40. The van der Waals surface area contributed by atoms with Crippen molar-refractivity contribution in [3.63, 3.8) is 0 Å². The van der Waals surface area contributed by atoms with E-state index in [1.165, 1.54) is 29.2 Å². The van der Waals surface area contributed by atoms with Gasteiger partial charge in [0, 0.05) is 0 Å². The van der Waals surface area contributed by atoms with Crippen LogP contribution in [0.3, 0.4) is 0 Å². The predicted molar refractivity (Wildman–Crippen MR) is 139 cm³/mol. The third-order valence-corrected chi connectivity index (χ3v) is 20.7. The van der Waals surface area contributed by atoms with Crippen molar-refractivity contribution >= 4 is 21.4 Å². The van der Waals surface area contributed by atoms with Gasteiger partial charge in [-0.15, -0.1) is 0 Å². The SMILES string of the molecule is CC(C)([CH2][In]([CH2]C(C)(C)c1ccccc1)[CH2]C(C)(C)c1ccccc1)c1ccccc1. The van der Waals surface area contributed by atoms with E-state index in [2.05, 4.69) is 133 Å². The van der Waals surface area contributed by atoms with Gasteiger partial charge in [-0.1, -0.05) is 0 Å². The van der Waals surface area contributed by atoms with E-state index in [1.54, 1.807) is 0 Å². The summed E-state index contributed by atoms with van der Waals surface area (Å²) in [7, 11) is 0. The molecule has 3 rings (SSSR count). The molecule has 0 saturated carbocycles. The molecule has 3 aromatic carbocycles. The summed E-state index contributed by atoms with van der Waals surface area (Å²) in [6.45, 7) is 14.8. The van der Waals surface area contributed by atoms with E-state index >= 15 is 0 Å². The molecule has 0 heterocycles. The fraction of sp³-hybridized carbons (Fsp3) is 0.400. The molecule has 0 fully saturated rings. The summed E-state index contributed by atoms with van der Waals surface area (Å²) in [6.07, 6.45) is 0. The summed E-state index contributed by atoms with van der Waals surface area (Å²) in [4.78, 5) is 0. The zero-order valence-electron chi connectivity index (χ0n) is 20.4. The Labute approximate surface area is 198 Å². The van der Waals surface area contributed by atoms with Crippen LogP contribution >= 0.6 is 0 Å². The quantitative estimate of drug-likeness (QED) is 0.269. The van der Waals surface area contributed by atoms with Crippen molar-refractivity contribution in [2.45, 2.75) is 70.3 Å². The Bertz CT molecular complexity index is 797. The second-order valence-corrected chi connectivity index (χ2v) is 19.7. The molecule has 3 aromatic rings. The number of hydrogen-bond acceptors (Lipinski definition) is 0. The van der Waals surface area contributed by atoms with Crippen molar-refractivity contribution in [3.8, 4) is 0 Å². The Morgan fingerprint density at radius 3 is 0.871 bits per heavy atom. The number of benzene rings is 3. The summed E-state index contributed by atoms with van der Waals surface area (Å²) in [5, 5.41) is 0. The Balaban J connectivity index is 1.90. The standard InChI is InChI=1S/3C10H13.In/c3*1-10(2,3)9-7-5-4-6-8-9;/h3*4-8H,1H2,2-3H3;. The van der Waals surface area contributed by atoms with Gasteiger partial charge in [0.1, 0.15) is 0 Å². The van der Waals surface area contributed by atoms with Gasteiger partial charge in [0.2, 0.25) is 0 Å². The molecule has 0 aliphatic carbocycles. The molecule has 0 aliphatic heterocycles. The van der Waals surface area contributed by atoms with Gasteiger partial charge in [0.15, 0.2) is 0 Å². The minimum absolute atomic E-state index is 0.238. The second-order valence-electron chi connectivity index (χ2n) is 11.2. The van der Waals surface area contributed by atoms with Crippen LogP contribution in [0, 0.1) is 0 Å². The molecule has 0 atom stereocenters. The molecule has 0 aromatic heterocycles. The van der Waals surface area contributed by atoms with Crippen molar-refractivity contribution in [2.75, 3.05) is 0 Å². The average Bonchev–Trinajstić information content (AvgIpc) is 2.75. The molecule has 0 amide bonds. The van der Waals surface area contributed by atoms with Gasteiger partial charge < -0.3 is 0 Å². The molecule has 0 unspecified atom stereocenters. The predicted octanol–water partition coefficient (Wildman–Crippen LogP) is 8.41. The summed E-state index contributed by atoms with van der Waals surface area (Å²) in [5.74, 6) is 0. The van der Waals surface area contributed by atoms with Gasteiger partial charge in [0.05, 0.1) is 0 Å². The van der Waals surface area contributed by atoms with E-state index in [-0.39, 0.29) is 16.2 Å². The van der Waals surface area contributed by atoms with Gasteiger partial charge in [-0.2, -0.15) is 0 Å². The van der Waals surface area contributed by atoms with E-state index in [0.717, 1.165) is 0 Å². The van der Waals surface area contributed by atoms with Crippen molar-refractivity contribution in [1.29, 1.82) is 0 Å². The van der Waals surface area contributed by atoms with Gasteiger partial charge in [-0.05, 0) is 0 Å². The van der Waals surface area contributed by atoms with Gasteiger partial charge in [-0.3, -0.25) is 0 Å². The monoisotopic (exact) mass is 514 g/mol. The molecule has 0 nitrogen and oxygen atoms in total. The topological polar surface area (TPSA) is 0 Å². The zero-order chi connectivity index (χ0) is 22.5. The summed E-state index contributed by atoms with van der Waals surface area (Å²) in [6, 6.07) is 33.6. The van der Waals surface area contributed by atoms with E-state index in [1.807, 2.05) is 0 Å². The normalized spacial score (nSPS) is 12.6. The molecule has 0 N–H and O–H groups in total. The molecule has 162 valence electrons. The van der Waals surface area contributed by atoms with Crippen LogP contribution in [0.15, 0.2) is 91.0 Å². The van der Waals surface area contributed by atoms with Gasteiger partial charge >= 0.3 is 199 Å². The van der Waals surface area contributed by atoms with Crippen LogP contribution in [-0.4, -0.2) is 21.4 Å². The third kappa shape index (κ3) is 6.51. The molecule has 0 aliphatic rings. The summed E-state index contributed by atoms with van der Waals surface area (Å²) in [5.41, 5.74) is 5.19. The van der Waals surface area contributed by atoms with Crippen LogP contribution in [0.25, 0.3) is 0 Å². The Morgan fingerprint density at radius 1 is 0.419 bits per heavy atom. The maximum atomic E-state index is 2.47. The number of hydrogen-bond donors (Lipinski definition) is 0. The van der Waals surface area contributed by atoms with Crippen molar-refractivity contribution in [2.24, 2.45) is 0 Å². The Morgan fingerprint density at radius 2 is 0.645 bits per heavy atom. The minimum atomic E-state index is -2.00. The fourth-order valence-corrected chi connectivity index (χ4v) is 21.0. The first-order valence-corrected chi connectivity index (χ1v) is 18.8. The molecule has 1 heteroatoms. The third-order valence-electron chi connectivity index (χ3n) is 7.06. The van der Waals surface area contributed by atoms with Crippen LogP contribution in [0.5, 0.6) is 0 Å². The van der Waals surface area contributed by atoms with Crippen LogP contribution < -0.4 is 0 Å².